The van der Waals surface area contributed by atoms with Crippen LogP contribution in [0, 0.1) is 6.92 Å². The fraction of sp³-hybridized carbons (Fsp3) is 0.118. The number of hydrogen-bond donors (Lipinski definition) is 2. The van der Waals surface area contributed by atoms with Crippen molar-refractivity contribution in [2.75, 3.05) is 0 Å². The molecule has 0 aromatic heterocycles. The first-order chi connectivity index (χ1) is 12.9. The molecule has 0 saturated heterocycles. The number of alkyl halides is 3. The highest BCUT2D eigenvalue weighted by Gasteiger charge is 2.43. The standard InChI is InChI=1S/C17H14F3N3O4S/c1-10-2-4-11(5-3-10)15(24)14(16(25)17(18,19)20)23-22-12-6-8-13(9-7-12)28(21,26)27/h2-9,24H,1H3,(H2,21,26,27)/b15-14+,23-22?. The summed E-state index contributed by atoms with van der Waals surface area (Å²) in [6.07, 6.45) is -5.29. The summed E-state index contributed by atoms with van der Waals surface area (Å²) in [4.78, 5) is 11.4. The summed E-state index contributed by atoms with van der Waals surface area (Å²) >= 11 is 0. The average Bonchev–Trinajstić information content (AvgIpc) is 2.61. The van der Waals surface area contributed by atoms with Gasteiger partial charge in [0.2, 0.25) is 10.0 Å². The van der Waals surface area contributed by atoms with Crippen molar-refractivity contribution in [1.82, 2.24) is 0 Å². The minimum Gasteiger partial charge on any atom is -0.505 e. The van der Waals surface area contributed by atoms with Crippen LogP contribution in [0.2, 0.25) is 0 Å². The number of carbonyl (C=O) groups excluding carboxylic acids is 1. The molecule has 0 atom stereocenters. The third-order valence-electron chi connectivity index (χ3n) is 3.45. The lowest BCUT2D eigenvalue weighted by Gasteiger charge is -2.08. The molecule has 3 N–H and O–H groups in total. The van der Waals surface area contributed by atoms with Gasteiger partial charge in [0.15, 0.2) is 11.5 Å². The fourth-order valence-electron chi connectivity index (χ4n) is 1.99. The maximum Gasteiger partial charge on any atom is 0.456 e. The van der Waals surface area contributed by atoms with Gasteiger partial charge in [0.1, 0.15) is 0 Å². The Labute approximate surface area is 158 Å². The number of aryl methyl sites for hydroxylation is 1. The van der Waals surface area contributed by atoms with Gasteiger partial charge in [0.25, 0.3) is 5.78 Å². The third-order valence-corrected chi connectivity index (χ3v) is 4.38. The van der Waals surface area contributed by atoms with Crippen LogP contribution in [0.5, 0.6) is 0 Å². The molecule has 2 rings (SSSR count). The van der Waals surface area contributed by atoms with Gasteiger partial charge in [-0.2, -0.15) is 18.3 Å². The number of hydrogen-bond acceptors (Lipinski definition) is 6. The second-order valence-electron chi connectivity index (χ2n) is 5.63. The quantitative estimate of drug-likeness (QED) is 0.440. The van der Waals surface area contributed by atoms with Crippen LogP contribution in [0.25, 0.3) is 5.76 Å². The predicted molar refractivity (Wildman–Crippen MR) is 94.1 cm³/mol. The minimum absolute atomic E-state index is 0.0540. The highest BCUT2D eigenvalue weighted by Crippen LogP contribution is 2.28. The number of allylic oxidation sites excluding steroid dienone is 1. The predicted octanol–water partition coefficient (Wildman–Crippen LogP) is 3.78. The van der Waals surface area contributed by atoms with E-state index >= 15 is 0 Å². The van der Waals surface area contributed by atoms with Gasteiger partial charge in [-0.3, -0.25) is 4.79 Å². The number of nitrogens with zero attached hydrogens (tertiary/aromatic N) is 2. The highest BCUT2D eigenvalue weighted by atomic mass is 32.2. The summed E-state index contributed by atoms with van der Waals surface area (Å²) in [7, 11) is -3.96. The lowest BCUT2D eigenvalue weighted by molar-refractivity contribution is -0.166. The fourth-order valence-corrected chi connectivity index (χ4v) is 2.51. The lowest BCUT2D eigenvalue weighted by Crippen LogP contribution is -2.24. The van der Waals surface area contributed by atoms with Gasteiger partial charge in [-0.05, 0) is 31.2 Å². The Morgan fingerprint density at radius 2 is 1.57 bits per heavy atom. The van der Waals surface area contributed by atoms with Gasteiger partial charge in [0.05, 0.1) is 10.6 Å². The normalized spacial score (nSPS) is 13.5. The van der Waals surface area contributed by atoms with Crippen LogP contribution in [0.4, 0.5) is 18.9 Å². The third kappa shape index (κ3) is 5.24. The second kappa shape index (κ2) is 7.90. The summed E-state index contributed by atoms with van der Waals surface area (Å²) in [6.45, 7) is 1.73. The zero-order valence-electron chi connectivity index (χ0n) is 14.3. The Morgan fingerprint density at radius 1 is 1.04 bits per heavy atom. The molecular weight excluding hydrogens is 399 g/mol. The van der Waals surface area contributed by atoms with E-state index in [4.69, 9.17) is 5.14 Å². The van der Waals surface area contributed by atoms with Crippen LogP contribution in [0.1, 0.15) is 11.1 Å². The van der Waals surface area contributed by atoms with Crippen molar-refractivity contribution in [3.63, 3.8) is 0 Å². The Balaban J connectivity index is 2.48. The van der Waals surface area contributed by atoms with E-state index in [1.807, 2.05) is 0 Å². The Morgan fingerprint density at radius 3 is 2.04 bits per heavy atom. The van der Waals surface area contributed by atoms with Crippen molar-refractivity contribution in [2.45, 2.75) is 18.0 Å². The zero-order chi connectivity index (χ0) is 21.1. The molecule has 2 aromatic rings. The monoisotopic (exact) mass is 413 g/mol. The van der Waals surface area contributed by atoms with Gasteiger partial charge in [-0.15, -0.1) is 5.11 Å². The molecule has 0 unspecified atom stereocenters. The first-order valence-corrected chi connectivity index (χ1v) is 9.10. The molecule has 28 heavy (non-hydrogen) atoms. The van der Waals surface area contributed by atoms with Crippen LogP contribution in [-0.4, -0.2) is 25.5 Å². The van der Waals surface area contributed by atoms with Gasteiger partial charge >= 0.3 is 6.18 Å². The largest absolute Gasteiger partial charge is 0.505 e. The van der Waals surface area contributed by atoms with Crippen molar-refractivity contribution in [3.05, 3.63) is 65.4 Å². The molecule has 0 bridgehead atoms. The molecule has 0 aliphatic heterocycles. The van der Waals surface area contributed by atoms with E-state index in [9.17, 15) is 31.5 Å². The Kier molecular flexibility index (Phi) is 6.00. The number of halogens is 3. The second-order valence-corrected chi connectivity index (χ2v) is 7.19. The van der Waals surface area contributed by atoms with E-state index in [1.54, 1.807) is 6.92 Å². The molecule has 11 heteroatoms. The number of aliphatic hydroxyl groups is 1. The van der Waals surface area contributed by atoms with Crippen LogP contribution >= 0.6 is 0 Å². The molecule has 0 heterocycles. The van der Waals surface area contributed by atoms with E-state index in [-0.39, 0.29) is 16.1 Å². The SMILES string of the molecule is Cc1ccc(/C(O)=C(\N=Nc2ccc(S(N)(=O)=O)cc2)C(=O)C(F)(F)F)cc1. The van der Waals surface area contributed by atoms with E-state index in [0.717, 1.165) is 29.8 Å². The number of ketones is 1. The summed E-state index contributed by atoms with van der Waals surface area (Å²) < 4.78 is 61.0. The van der Waals surface area contributed by atoms with Gasteiger partial charge in [-0.25, -0.2) is 13.6 Å². The highest BCUT2D eigenvalue weighted by molar-refractivity contribution is 7.89. The maximum absolute atomic E-state index is 12.9. The Hall–Kier alpha value is -3.05. The summed E-state index contributed by atoms with van der Waals surface area (Å²) in [5, 5.41) is 21.8. The molecule has 148 valence electrons. The molecule has 0 aliphatic carbocycles. The average molecular weight is 413 g/mol. The number of sulfonamides is 1. The summed E-state index contributed by atoms with van der Waals surface area (Å²) in [5.41, 5.74) is -0.623. The van der Waals surface area contributed by atoms with Crippen molar-refractivity contribution < 1.29 is 31.5 Å². The maximum atomic E-state index is 12.9. The summed E-state index contributed by atoms with van der Waals surface area (Å²) in [5.74, 6) is -3.37. The van der Waals surface area contributed by atoms with Crippen molar-refractivity contribution >= 4 is 27.3 Å². The van der Waals surface area contributed by atoms with Crippen molar-refractivity contribution in [2.24, 2.45) is 15.4 Å². The van der Waals surface area contributed by atoms with Crippen molar-refractivity contribution in [3.8, 4) is 0 Å². The lowest BCUT2D eigenvalue weighted by atomic mass is 10.1. The van der Waals surface area contributed by atoms with E-state index in [1.165, 1.54) is 24.3 Å². The number of azo groups is 1. The van der Waals surface area contributed by atoms with Gasteiger partial charge in [0, 0.05) is 5.56 Å². The number of rotatable bonds is 5. The first kappa shape index (κ1) is 21.3. The molecular formula is C17H14F3N3O4S. The van der Waals surface area contributed by atoms with E-state index in [2.05, 4.69) is 10.2 Å². The number of benzene rings is 2. The van der Waals surface area contributed by atoms with E-state index < -0.39 is 33.4 Å². The molecule has 0 radical (unpaired) electrons. The smallest absolute Gasteiger partial charge is 0.456 e. The first-order valence-electron chi connectivity index (χ1n) is 7.56. The Bertz CT molecular complexity index is 1040. The molecule has 2 aromatic carbocycles. The molecule has 7 nitrogen and oxygen atoms in total. The summed E-state index contributed by atoms with van der Waals surface area (Å²) in [6, 6.07) is 10.1. The van der Waals surface area contributed by atoms with Crippen molar-refractivity contribution in [1.29, 1.82) is 0 Å². The van der Waals surface area contributed by atoms with Crippen LogP contribution in [-0.2, 0) is 14.8 Å². The molecule has 0 aliphatic rings. The molecule has 0 fully saturated rings. The zero-order valence-corrected chi connectivity index (χ0v) is 15.1. The topological polar surface area (TPSA) is 122 Å². The molecule has 0 spiro atoms. The number of nitrogens with two attached hydrogens (primary N) is 1. The number of aliphatic hydroxyl groups excluding tert-OH is 1. The number of carbonyl (C=O) groups is 1. The number of primary sulfonamides is 1. The van der Waals surface area contributed by atoms with Crippen LogP contribution < -0.4 is 5.14 Å². The van der Waals surface area contributed by atoms with Gasteiger partial charge in [-0.1, -0.05) is 29.8 Å². The number of Topliss-reactive ketones (excluding diaryl/α,β-unsaturated/α-hetero) is 1. The van der Waals surface area contributed by atoms with E-state index in [0.29, 0.717) is 0 Å². The molecule has 0 saturated carbocycles. The van der Waals surface area contributed by atoms with Crippen LogP contribution in [0.15, 0.2) is 69.4 Å². The minimum atomic E-state index is -5.29. The van der Waals surface area contributed by atoms with Crippen LogP contribution in [0.3, 0.4) is 0 Å². The van der Waals surface area contributed by atoms with Gasteiger partial charge < -0.3 is 5.11 Å². The molecule has 0 amide bonds.